The second-order valence-corrected chi connectivity index (χ2v) is 6.25. The lowest BCUT2D eigenvalue weighted by Gasteiger charge is -2.13. The first-order chi connectivity index (χ1) is 8.37. The zero-order valence-corrected chi connectivity index (χ0v) is 11.9. The zero-order valence-electron chi connectivity index (χ0n) is 11.0. The van der Waals surface area contributed by atoms with Crippen molar-refractivity contribution in [1.29, 1.82) is 0 Å². The summed E-state index contributed by atoms with van der Waals surface area (Å²) in [4.78, 5) is 4.24. The summed E-state index contributed by atoms with van der Waals surface area (Å²) in [6.07, 6.45) is 1.41. The van der Waals surface area contributed by atoms with Gasteiger partial charge in [-0.05, 0) is 19.1 Å². The molecule has 18 heavy (non-hydrogen) atoms. The molecule has 0 radical (unpaired) electrons. The summed E-state index contributed by atoms with van der Waals surface area (Å²) in [5.41, 5.74) is 0. The lowest BCUT2D eigenvalue weighted by Crippen LogP contribution is -2.22. The molecule has 0 fully saturated rings. The molecular weight excluding hydrogens is 254 g/mol. The Kier molecular flexibility index (Phi) is 5.06. The highest BCUT2D eigenvalue weighted by molar-refractivity contribution is 7.89. The third-order valence-corrected chi connectivity index (χ3v) is 4.29. The number of methoxy groups -OCH3 is 1. The van der Waals surface area contributed by atoms with Crippen LogP contribution in [0.25, 0.3) is 0 Å². The van der Waals surface area contributed by atoms with E-state index in [-0.39, 0.29) is 11.0 Å². The molecule has 0 aromatic carbocycles. The number of anilines is 1. The van der Waals surface area contributed by atoms with E-state index in [0.717, 1.165) is 4.31 Å². The molecule has 0 spiro atoms. The highest BCUT2D eigenvalue weighted by Crippen LogP contribution is 2.13. The van der Waals surface area contributed by atoms with Gasteiger partial charge in [-0.3, -0.25) is 0 Å². The van der Waals surface area contributed by atoms with Crippen LogP contribution in [-0.4, -0.2) is 51.6 Å². The van der Waals surface area contributed by atoms with Crippen molar-refractivity contribution in [3.63, 3.8) is 0 Å². The average molecular weight is 273 g/mol. The van der Waals surface area contributed by atoms with Gasteiger partial charge in [0.25, 0.3) is 0 Å². The van der Waals surface area contributed by atoms with Gasteiger partial charge >= 0.3 is 0 Å². The summed E-state index contributed by atoms with van der Waals surface area (Å²) in [6.45, 7) is 2.54. The van der Waals surface area contributed by atoms with Gasteiger partial charge in [0.15, 0.2) is 0 Å². The van der Waals surface area contributed by atoms with Crippen molar-refractivity contribution in [2.75, 3.05) is 33.1 Å². The highest BCUT2D eigenvalue weighted by atomic mass is 32.2. The minimum Gasteiger partial charge on any atom is -0.380 e. The van der Waals surface area contributed by atoms with Crippen molar-refractivity contribution in [3.05, 3.63) is 18.3 Å². The summed E-state index contributed by atoms with van der Waals surface area (Å²) in [7, 11) is 1.20. The highest BCUT2D eigenvalue weighted by Gasteiger charge is 2.17. The molecule has 1 unspecified atom stereocenters. The number of nitrogens with one attached hydrogen (secondary N) is 1. The van der Waals surface area contributed by atoms with Crippen LogP contribution in [0.2, 0.25) is 0 Å². The molecule has 0 saturated heterocycles. The molecule has 1 rings (SSSR count). The standard InChI is InChI=1S/C11H19N3O3S/c1-9(17-4)7-12-11-6-5-10(8-13-11)18(15,16)14(2)3/h5-6,8-9H,7H2,1-4H3,(H,12,13). The number of nitrogens with zero attached hydrogens (tertiary/aromatic N) is 2. The van der Waals surface area contributed by atoms with Crippen molar-refractivity contribution < 1.29 is 13.2 Å². The SMILES string of the molecule is COC(C)CNc1ccc(S(=O)(=O)N(C)C)cn1. The van der Waals surface area contributed by atoms with Crippen LogP contribution >= 0.6 is 0 Å². The van der Waals surface area contributed by atoms with E-state index in [0.29, 0.717) is 12.4 Å². The number of rotatable bonds is 6. The van der Waals surface area contributed by atoms with E-state index in [1.54, 1.807) is 13.2 Å². The molecule has 1 aromatic heterocycles. The van der Waals surface area contributed by atoms with Crippen LogP contribution in [0, 0.1) is 0 Å². The van der Waals surface area contributed by atoms with Gasteiger partial charge in [0.2, 0.25) is 10.0 Å². The molecule has 0 aliphatic carbocycles. The van der Waals surface area contributed by atoms with Gasteiger partial charge in [-0.2, -0.15) is 0 Å². The van der Waals surface area contributed by atoms with Crippen LogP contribution in [0.5, 0.6) is 0 Å². The van der Waals surface area contributed by atoms with Gasteiger partial charge in [0, 0.05) is 33.9 Å². The van der Waals surface area contributed by atoms with E-state index in [1.165, 1.54) is 26.4 Å². The molecule has 1 atom stereocenters. The van der Waals surface area contributed by atoms with Crippen LogP contribution in [0.4, 0.5) is 5.82 Å². The second-order valence-electron chi connectivity index (χ2n) is 4.09. The number of sulfonamides is 1. The van der Waals surface area contributed by atoms with E-state index in [1.807, 2.05) is 6.92 Å². The average Bonchev–Trinajstić information content (AvgIpc) is 2.36. The van der Waals surface area contributed by atoms with E-state index in [9.17, 15) is 8.42 Å². The lowest BCUT2D eigenvalue weighted by molar-refractivity contribution is 0.128. The van der Waals surface area contributed by atoms with Gasteiger partial charge in [-0.15, -0.1) is 0 Å². The van der Waals surface area contributed by atoms with Crippen molar-refractivity contribution in [2.45, 2.75) is 17.9 Å². The Morgan fingerprint density at radius 2 is 2.11 bits per heavy atom. The summed E-state index contributed by atoms with van der Waals surface area (Å²) < 4.78 is 29.8. The van der Waals surface area contributed by atoms with Gasteiger partial charge in [-0.25, -0.2) is 17.7 Å². The number of pyridine rings is 1. The summed E-state index contributed by atoms with van der Waals surface area (Å²) in [6, 6.07) is 3.17. The maximum Gasteiger partial charge on any atom is 0.244 e. The van der Waals surface area contributed by atoms with Crippen molar-refractivity contribution in [1.82, 2.24) is 9.29 Å². The van der Waals surface area contributed by atoms with Crippen molar-refractivity contribution in [2.24, 2.45) is 0 Å². The monoisotopic (exact) mass is 273 g/mol. The first kappa shape index (κ1) is 14.9. The molecule has 0 aliphatic rings. The first-order valence-electron chi connectivity index (χ1n) is 5.53. The van der Waals surface area contributed by atoms with E-state index in [4.69, 9.17) is 4.74 Å². The second kappa shape index (κ2) is 6.12. The lowest BCUT2D eigenvalue weighted by atomic mass is 10.4. The first-order valence-corrected chi connectivity index (χ1v) is 6.97. The Balaban J connectivity index is 2.75. The molecule has 7 heteroatoms. The minimum atomic E-state index is -3.41. The fourth-order valence-electron chi connectivity index (χ4n) is 1.18. The van der Waals surface area contributed by atoms with Gasteiger partial charge in [-0.1, -0.05) is 0 Å². The molecule has 1 N–H and O–H groups in total. The predicted octanol–water partition coefficient (Wildman–Crippen LogP) is 0.779. The van der Waals surface area contributed by atoms with Gasteiger partial charge in [0.1, 0.15) is 10.7 Å². The minimum absolute atomic E-state index is 0.0667. The van der Waals surface area contributed by atoms with Crippen LogP contribution < -0.4 is 5.32 Å². The van der Waals surface area contributed by atoms with E-state index in [2.05, 4.69) is 10.3 Å². The third kappa shape index (κ3) is 3.66. The maximum absolute atomic E-state index is 11.8. The number of hydrogen-bond acceptors (Lipinski definition) is 5. The van der Waals surface area contributed by atoms with E-state index >= 15 is 0 Å². The predicted molar refractivity (Wildman–Crippen MR) is 70.1 cm³/mol. The number of hydrogen-bond donors (Lipinski definition) is 1. The molecule has 0 saturated carbocycles. The topological polar surface area (TPSA) is 71.5 Å². The van der Waals surface area contributed by atoms with Crippen LogP contribution in [-0.2, 0) is 14.8 Å². The summed E-state index contributed by atoms with van der Waals surface area (Å²) in [5, 5.41) is 3.06. The normalized spacial score (nSPS) is 13.6. The molecule has 6 nitrogen and oxygen atoms in total. The van der Waals surface area contributed by atoms with Gasteiger partial charge in [0.05, 0.1) is 6.10 Å². The Hall–Kier alpha value is -1.18. The molecule has 0 amide bonds. The molecule has 102 valence electrons. The quantitative estimate of drug-likeness (QED) is 0.829. The van der Waals surface area contributed by atoms with Crippen LogP contribution in [0.1, 0.15) is 6.92 Å². The molecular formula is C11H19N3O3S. The fourth-order valence-corrected chi connectivity index (χ4v) is 2.03. The van der Waals surface area contributed by atoms with E-state index < -0.39 is 10.0 Å². The Bertz CT molecular complexity index is 471. The number of aromatic nitrogens is 1. The Morgan fingerprint density at radius 1 is 1.44 bits per heavy atom. The summed E-state index contributed by atoms with van der Waals surface area (Å²) in [5.74, 6) is 0.622. The smallest absolute Gasteiger partial charge is 0.244 e. The molecule has 1 heterocycles. The van der Waals surface area contributed by atoms with Crippen molar-refractivity contribution in [3.8, 4) is 0 Å². The molecule has 0 aliphatic heterocycles. The van der Waals surface area contributed by atoms with Crippen molar-refractivity contribution >= 4 is 15.8 Å². The largest absolute Gasteiger partial charge is 0.380 e. The molecule has 0 bridgehead atoms. The van der Waals surface area contributed by atoms with Crippen LogP contribution in [0.15, 0.2) is 23.2 Å². The zero-order chi connectivity index (χ0) is 13.8. The summed E-state index contributed by atoms with van der Waals surface area (Å²) >= 11 is 0. The number of ether oxygens (including phenoxy) is 1. The molecule has 1 aromatic rings. The Morgan fingerprint density at radius 3 is 2.56 bits per heavy atom. The maximum atomic E-state index is 11.8. The van der Waals surface area contributed by atoms with Gasteiger partial charge < -0.3 is 10.1 Å². The van der Waals surface area contributed by atoms with Crippen LogP contribution in [0.3, 0.4) is 0 Å². The third-order valence-electron chi connectivity index (χ3n) is 2.49. The fraction of sp³-hybridized carbons (Fsp3) is 0.545. The Labute approximate surface area is 108 Å².